The topological polar surface area (TPSA) is 94.1 Å². The first kappa shape index (κ1) is 29.2. The Bertz CT molecular complexity index is 493. The van der Waals surface area contributed by atoms with Crippen molar-refractivity contribution >= 4 is 24.0 Å². The molecule has 0 aliphatic carbocycles. The van der Waals surface area contributed by atoms with Gasteiger partial charge in [-0.15, -0.1) is 0 Å². The van der Waals surface area contributed by atoms with Gasteiger partial charge in [0.15, 0.2) is 4.75 Å². The van der Waals surface area contributed by atoms with Crippen LogP contribution in [0.3, 0.4) is 0 Å². The van der Waals surface area contributed by atoms with Gasteiger partial charge < -0.3 is 14.7 Å². The first-order valence-electron chi connectivity index (χ1n) is 10.4. The number of rotatable bonds is 14. The molecule has 0 N–H and O–H groups in total. The smallest absolute Gasteiger partial charge is 0.691 e. The van der Waals surface area contributed by atoms with Crippen LogP contribution in [0.1, 0.15) is 85.5 Å². The van der Waals surface area contributed by atoms with Crippen molar-refractivity contribution in [2.75, 3.05) is 13.2 Å². The maximum Gasteiger partial charge on any atom is 1.00 e. The molecule has 3 unspecified atom stereocenters. The fraction of sp³-hybridized carbons (Fsp3) is 0.900. The molecule has 0 saturated carbocycles. The van der Waals surface area contributed by atoms with E-state index in [0.717, 1.165) is 38.5 Å². The van der Waals surface area contributed by atoms with Gasteiger partial charge in [0.2, 0.25) is 0 Å². The second kappa shape index (κ2) is 15.1. The van der Waals surface area contributed by atoms with Gasteiger partial charge >= 0.3 is 41.5 Å². The zero-order valence-corrected chi connectivity index (χ0v) is 21.4. The van der Waals surface area contributed by atoms with Crippen LogP contribution in [0.5, 0.6) is 0 Å². The van der Waals surface area contributed by atoms with Gasteiger partial charge in [0, 0.05) is 5.41 Å². The van der Waals surface area contributed by atoms with Gasteiger partial charge in [-0.2, -0.15) is 4.33 Å². The molecular weight excluding hydrogens is 407 g/mol. The van der Waals surface area contributed by atoms with Crippen LogP contribution in [0.15, 0.2) is 0 Å². The Morgan fingerprint density at radius 2 is 1.93 bits per heavy atom. The average molecular weight is 443 g/mol. The predicted molar refractivity (Wildman–Crippen MR) is 105 cm³/mol. The van der Waals surface area contributed by atoms with Gasteiger partial charge in [0.1, 0.15) is 0 Å². The van der Waals surface area contributed by atoms with Crippen LogP contribution in [-0.4, -0.2) is 29.9 Å². The van der Waals surface area contributed by atoms with Gasteiger partial charge in [0.25, 0.3) is 0 Å². The van der Waals surface area contributed by atoms with Gasteiger partial charge in [0.05, 0.1) is 31.7 Å². The van der Waals surface area contributed by atoms with E-state index < -0.39 is 22.1 Å². The third-order valence-corrected chi connectivity index (χ3v) is 7.12. The Balaban J connectivity index is 0.00000784. The van der Waals surface area contributed by atoms with E-state index in [2.05, 4.69) is 30.1 Å². The van der Waals surface area contributed by atoms with E-state index >= 15 is 0 Å². The fourth-order valence-electron chi connectivity index (χ4n) is 3.85. The first-order chi connectivity index (χ1) is 13.4. The molecule has 9 heteroatoms. The van der Waals surface area contributed by atoms with Crippen LogP contribution in [0.4, 0.5) is 0 Å². The van der Waals surface area contributed by atoms with E-state index in [9.17, 15) is 14.8 Å². The van der Waals surface area contributed by atoms with Crippen molar-refractivity contribution < 1.29 is 63.2 Å². The molecule has 0 aromatic rings. The van der Waals surface area contributed by atoms with E-state index in [4.69, 9.17) is 9.47 Å². The largest absolute Gasteiger partial charge is 1.00 e. The SMILES string of the molecule is CCCCC(CC)COC(=O)C1(SOO[O-])CC(=O)OCC1(CC)CCCC.[Na+]. The van der Waals surface area contributed by atoms with Gasteiger partial charge in [-0.05, 0) is 25.2 Å². The quantitative estimate of drug-likeness (QED) is 0.129. The maximum absolute atomic E-state index is 13.3. The maximum atomic E-state index is 13.3. The van der Waals surface area contributed by atoms with Crippen LogP contribution in [-0.2, 0) is 28.4 Å². The summed E-state index contributed by atoms with van der Waals surface area (Å²) in [5.74, 6) is -0.763. The minimum absolute atomic E-state index is 0. The van der Waals surface area contributed by atoms with Crippen LogP contribution < -0.4 is 34.8 Å². The summed E-state index contributed by atoms with van der Waals surface area (Å²) in [6.07, 6.45) is 6.87. The molecule has 1 rings (SSSR count). The summed E-state index contributed by atoms with van der Waals surface area (Å²) in [6, 6.07) is 0. The molecule has 0 aromatic heterocycles. The number of hydrogen-bond donors (Lipinski definition) is 0. The number of unbranched alkanes of at least 4 members (excludes halogenated alkanes) is 2. The van der Waals surface area contributed by atoms with Crippen LogP contribution in [0.25, 0.3) is 0 Å². The number of esters is 2. The minimum Gasteiger partial charge on any atom is -0.691 e. The number of ether oxygens (including phenoxy) is 2. The van der Waals surface area contributed by atoms with Crippen molar-refractivity contribution in [2.45, 2.75) is 90.2 Å². The number of carbonyl (C=O) groups excluding carboxylic acids is 2. The molecule has 3 atom stereocenters. The van der Waals surface area contributed by atoms with Crippen molar-refractivity contribution in [3.8, 4) is 0 Å². The summed E-state index contributed by atoms with van der Waals surface area (Å²) < 4.78 is 14.3. The summed E-state index contributed by atoms with van der Waals surface area (Å²) >= 11 is 0.606. The van der Waals surface area contributed by atoms with Crippen molar-refractivity contribution in [1.29, 1.82) is 0 Å². The van der Waals surface area contributed by atoms with E-state index in [0.29, 0.717) is 31.5 Å². The molecule has 164 valence electrons. The molecule has 1 fully saturated rings. The standard InChI is InChI=1S/C20H36O7S.Na/c1-5-9-11-16(7-3)14-24-18(22)20(28-27-26-23)13-17(21)25-15-19(20,8-4)12-10-6-2;/h16,23H,5-15H2,1-4H3;/q;+1/p-1. The Morgan fingerprint density at radius 3 is 2.48 bits per heavy atom. The zero-order chi connectivity index (χ0) is 21.0. The summed E-state index contributed by atoms with van der Waals surface area (Å²) in [6.45, 7) is 8.59. The molecule has 1 saturated heterocycles. The molecule has 0 bridgehead atoms. The predicted octanol–water partition coefficient (Wildman–Crippen LogP) is 0.894. The van der Waals surface area contributed by atoms with Crippen LogP contribution in [0, 0.1) is 11.3 Å². The normalized spacial score (nSPS) is 25.1. The Labute approximate surface area is 201 Å². The van der Waals surface area contributed by atoms with Crippen molar-refractivity contribution in [1.82, 2.24) is 0 Å². The second-order valence-electron chi connectivity index (χ2n) is 7.64. The second-order valence-corrected chi connectivity index (χ2v) is 8.64. The molecule has 0 aromatic carbocycles. The van der Waals surface area contributed by atoms with E-state index in [1.807, 2.05) is 6.92 Å². The molecular formula is C20H35NaO7S. The van der Waals surface area contributed by atoms with Crippen molar-refractivity contribution in [2.24, 2.45) is 11.3 Å². The van der Waals surface area contributed by atoms with Crippen molar-refractivity contribution in [3.63, 3.8) is 0 Å². The third kappa shape index (κ3) is 7.66. The Morgan fingerprint density at radius 1 is 1.24 bits per heavy atom. The van der Waals surface area contributed by atoms with E-state index in [1.54, 1.807) is 0 Å². The molecule has 29 heavy (non-hydrogen) atoms. The van der Waals surface area contributed by atoms with Gasteiger partial charge in [-0.25, -0.2) is 0 Å². The molecule has 7 nitrogen and oxygen atoms in total. The summed E-state index contributed by atoms with van der Waals surface area (Å²) in [4.78, 5) is 25.5. The van der Waals surface area contributed by atoms with Crippen LogP contribution in [0.2, 0.25) is 0 Å². The molecule has 0 spiro atoms. The number of hydrogen-bond acceptors (Lipinski definition) is 8. The fourth-order valence-corrected chi connectivity index (χ4v) is 4.78. The van der Waals surface area contributed by atoms with Gasteiger partial charge in [-0.1, -0.05) is 59.8 Å². The number of cyclic esters (lactones) is 1. The molecule has 0 amide bonds. The monoisotopic (exact) mass is 442 g/mol. The average Bonchev–Trinajstić information content (AvgIpc) is 2.71. The molecule has 1 heterocycles. The molecule has 0 radical (unpaired) electrons. The third-order valence-electron chi connectivity index (χ3n) is 5.97. The van der Waals surface area contributed by atoms with E-state index in [1.165, 1.54) is 0 Å². The minimum atomic E-state index is -1.36. The Kier molecular flexibility index (Phi) is 15.1. The zero-order valence-electron chi connectivity index (χ0n) is 18.6. The summed E-state index contributed by atoms with van der Waals surface area (Å²) in [7, 11) is 0. The van der Waals surface area contributed by atoms with Crippen molar-refractivity contribution in [3.05, 3.63) is 0 Å². The first-order valence-corrected chi connectivity index (χ1v) is 11.2. The Hall–Kier alpha value is 0.170. The van der Waals surface area contributed by atoms with E-state index in [-0.39, 0.29) is 48.5 Å². The summed E-state index contributed by atoms with van der Waals surface area (Å²) in [5.41, 5.74) is -0.678. The summed E-state index contributed by atoms with van der Waals surface area (Å²) in [5, 5.41) is 14.1. The van der Waals surface area contributed by atoms with Crippen LogP contribution >= 0.6 is 12.0 Å². The molecule has 1 aliphatic rings. The number of carbonyl (C=O) groups is 2. The molecule has 1 aliphatic heterocycles. The van der Waals surface area contributed by atoms with Gasteiger partial charge in [-0.3, -0.25) is 14.6 Å².